The van der Waals surface area contributed by atoms with Crippen molar-refractivity contribution in [2.75, 3.05) is 0 Å². The maximum atomic E-state index is 11.5. The number of rotatable bonds is 7. The van der Waals surface area contributed by atoms with Crippen LogP contribution in [0.4, 0.5) is 0 Å². The Hall–Kier alpha value is -1.98. The highest BCUT2D eigenvalue weighted by atomic mass is 31.2. The van der Waals surface area contributed by atoms with Crippen molar-refractivity contribution in [1.82, 2.24) is 5.32 Å². The van der Waals surface area contributed by atoms with Crippen molar-refractivity contribution in [3.05, 3.63) is 60.2 Å². The minimum absolute atomic E-state index is 0.119. The van der Waals surface area contributed by atoms with Gasteiger partial charge in [-0.05, 0) is 37.0 Å². The maximum Gasteiger partial charge on any atom is 0.344 e. The Morgan fingerprint density at radius 3 is 2.04 bits per heavy atom. The van der Waals surface area contributed by atoms with E-state index in [9.17, 15) is 24.3 Å². The van der Waals surface area contributed by atoms with Gasteiger partial charge >= 0.3 is 13.6 Å². The standard InChI is InChI=1S/C18H22NO5P/c1-18(2,25(22,23)24)19-16(17(20)21)12-13-8-10-15(11-9-13)14-6-4-3-5-7-14/h3-11,16,19H,12H2,1-2H3,(H,20,21)(H2,22,23,24)/t16-/m0/s1. The van der Waals surface area contributed by atoms with Crippen molar-refractivity contribution < 1.29 is 24.3 Å². The van der Waals surface area contributed by atoms with E-state index in [0.29, 0.717) is 0 Å². The van der Waals surface area contributed by atoms with Gasteiger partial charge in [0.1, 0.15) is 11.3 Å². The molecular weight excluding hydrogens is 341 g/mol. The molecule has 7 heteroatoms. The van der Waals surface area contributed by atoms with Crippen molar-refractivity contribution in [2.45, 2.75) is 31.6 Å². The van der Waals surface area contributed by atoms with Crippen LogP contribution in [-0.2, 0) is 15.8 Å². The average molecular weight is 363 g/mol. The lowest BCUT2D eigenvalue weighted by atomic mass is 10.0. The predicted octanol–water partition coefficient (Wildman–Crippen LogP) is 2.85. The van der Waals surface area contributed by atoms with Gasteiger partial charge < -0.3 is 14.9 Å². The lowest BCUT2D eigenvalue weighted by Crippen LogP contribution is -2.50. The van der Waals surface area contributed by atoms with Crippen molar-refractivity contribution >= 4 is 13.6 Å². The summed E-state index contributed by atoms with van der Waals surface area (Å²) in [7, 11) is -4.49. The molecule has 0 fully saturated rings. The third-order valence-electron chi connectivity index (χ3n) is 4.05. The van der Waals surface area contributed by atoms with E-state index in [1.165, 1.54) is 13.8 Å². The summed E-state index contributed by atoms with van der Waals surface area (Å²) in [4.78, 5) is 30.2. The van der Waals surface area contributed by atoms with Gasteiger partial charge in [0.2, 0.25) is 0 Å². The number of carboxylic acids is 1. The van der Waals surface area contributed by atoms with Crippen LogP contribution in [0.1, 0.15) is 19.4 Å². The fourth-order valence-electron chi connectivity index (χ4n) is 2.41. The second kappa shape index (κ2) is 7.50. The molecule has 0 saturated carbocycles. The minimum Gasteiger partial charge on any atom is -0.480 e. The van der Waals surface area contributed by atoms with Crippen LogP contribution in [0.15, 0.2) is 54.6 Å². The molecule has 2 rings (SSSR count). The molecule has 0 saturated heterocycles. The Labute approximate surface area is 146 Å². The van der Waals surface area contributed by atoms with Crippen LogP contribution in [0, 0.1) is 0 Å². The number of aliphatic carboxylic acids is 1. The molecule has 0 aromatic heterocycles. The number of benzene rings is 2. The van der Waals surface area contributed by atoms with Crippen LogP contribution in [0.5, 0.6) is 0 Å². The van der Waals surface area contributed by atoms with Crippen LogP contribution >= 0.6 is 7.60 Å². The Bertz CT molecular complexity index is 768. The lowest BCUT2D eigenvalue weighted by molar-refractivity contribution is -0.139. The highest BCUT2D eigenvalue weighted by Gasteiger charge is 2.40. The smallest absolute Gasteiger partial charge is 0.344 e. The summed E-state index contributed by atoms with van der Waals surface area (Å²) < 4.78 is 11.5. The zero-order valence-corrected chi connectivity index (χ0v) is 15.0. The summed E-state index contributed by atoms with van der Waals surface area (Å²) in [6, 6.07) is 16.1. The molecule has 134 valence electrons. The summed E-state index contributed by atoms with van der Waals surface area (Å²) in [5, 5.41) is 10.3. The van der Waals surface area contributed by atoms with Crippen LogP contribution in [0.2, 0.25) is 0 Å². The van der Waals surface area contributed by atoms with Gasteiger partial charge in [0.05, 0.1) is 0 Å². The van der Waals surface area contributed by atoms with Gasteiger partial charge in [0.25, 0.3) is 0 Å². The summed E-state index contributed by atoms with van der Waals surface area (Å²) in [6.45, 7) is 2.59. The second-order valence-corrected chi connectivity index (χ2v) is 8.61. The lowest BCUT2D eigenvalue weighted by Gasteiger charge is -2.30. The van der Waals surface area contributed by atoms with Crippen molar-refractivity contribution in [1.29, 1.82) is 0 Å². The molecule has 4 N–H and O–H groups in total. The summed E-state index contributed by atoms with van der Waals surface area (Å²) in [5.41, 5.74) is 2.84. The fraction of sp³-hybridized carbons (Fsp3) is 0.278. The SMILES string of the molecule is CC(C)(N[C@@H](Cc1ccc(-c2ccccc2)cc1)C(=O)O)P(=O)(O)O. The van der Waals surface area contributed by atoms with E-state index in [0.717, 1.165) is 16.7 Å². The third kappa shape index (κ3) is 5.00. The first kappa shape index (κ1) is 19.3. The molecule has 0 radical (unpaired) electrons. The normalized spacial score (nSPS) is 13.4. The highest BCUT2D eigenvalue weighted by molar-refractivity contribution is 7.53. The zero-order chi connectivity index (χ0) is 18.7. The van der Waals surface area contributed by atoms with E-state index in [1.54, 1.807) is 0 Å². The molecule has 0 bridgehead atoms. The van der Waals surface area contributed by atoms with E-state index in [2.05, 4.69) is 5.32 Å². The first-order valence-electron chi connectivity index (χ1n) is 7.81. The van der Waals surface area contributed by atoms with Crippen LogP contribution in [0.25, 0.3) is 11.1 Å². The first-order chi connectivity index (χ1) is 11.6. The van der Waals surface area contributed by atoms with Crippen LogP contribution in [0.3, 0.4) is 0 Å². The van der Waals surface area contributed by atoms with E-state index in [1.807, 2.05) is 54.6 Å². The minimum atomic E-state index is -4.49. The van der Waals surface area contributed by atoms with E-state index < -0.39 is 24.9 Å². The topological polar surface area (TPSA) is 107 Å². The Morgan fingerprint density at radius 2 is 1.56 bits per heavy atom. The molecule has 6 nitrogen and oxygen atoms in total. The van der Waals surface area contributed by atoms with E-state index >= 15 is 0 Å². The zero-order valence-electron chi connectivity index (χ0n) is 14.1. The molecule has 0 aliphatic rings. The molecular formula is C18H22NO5P. The van der Waals surface area contributed by atoms with Gasteiger partial charge in [-0.1, -0.05) is 54.6 Å². The van der Waals surface area contributed by atoms with E-state index in [-0.39, 0.29) is 6.42 Å². The van der Waals surface area contributed by atoms with Gasteiger partial charge in [0.15, 0.2) is 0 Å². The summed E-state index contributed by atoms with van der Waals surface area (Å²) in [6.07, 6.45) is 0.119. The molecule has 0 amide bonds. The molecule has 0 aliphatic heterocycles. The average Bonchev–Trinajstić information content (AvgIpc) is 2.54. The Kier molecular flexibility index (Phi) is 5.80. The van der Waals surface area contributed by atoms with Gasteiger partial charge in [-0.3, -0.25) is 14.7 Å². The molecule has 1 atom stereocenters. The molecule has 2 aromatic rings. The largest absolute Gasteiger partial charge is 0.480 e. The summed E-state index contributed by atoms with van der Waals surface area (Å²) in [5.74, 6) is -1.16. The maximum absolute atomic E-state index is 11.5. The van der Waals surface area contributed by atoms with Gasteiger partial charge in [-0.2, -0.15) is 0 Å². The third-order valence-corrected chi connectivity index (χ3v) is 5.64. The molecule has 0 unspecified atom stereocenters. The number of carboxylic acid groups (broad SMARTS) is 1. The molecule has 0 heterocycles. The Balaban J connectivity index is 2.15. The van der Waals surface area contributed by atoms with Crippen molar-refractivity contribution in [2.24, 2.45) is 0 Å². The van der Waals surface area contributed by atoms with Gasteiger partial charge in [-0.15, -0.1) is 0 Å². The number of hydrogen-bond acceptors (Lipinski definition) is 3. The molecule has 0 spiro atoms. The van der Waals surface area contributed by atoms with Gasteiger partial charge in [0, 0.05) is 0 Å². The number of hydrogen-bond donors (Lipinski definition) is 4. The van der Waals surface area contributed by atoms with Gasteiger partial charge in [-0.25, -0.2) is 0 Å². The van der Waals surface area contributed by atoms with Crippen molar-refractivity contribution in [3.63, 3.8) is 0 Å². The number of carbonyl (C=O) groups is 1. The Morgan fingerprint density at radius 1 is 1.04 bits per heavy atom. The molecule has 2 aromatic carbocycles. The predicted molar refractivity (Wildman–Crippen MR) is 96.3 cm³/mol. The van der Waals surface area contributed by atoms with Crippen LogP contribution in [-0.4, -0.2) is 32.2 Å². The molecule has 0 aliphatic carbocycles. The molecule has 25 heavy (non-hydrogen) atoms. The second-order valence-electron chi connectivity index (χ2n) is 6.41. The van der Waals surface area contributed by atoms with Crippen LogP contribution < -0.4 is 5.32 Å². The summed E-state index contributed by atoms with van der Waals surface area (Å²) >= 11 is 0. The monoisotopic (exact) mass is 363 g/mol. The highest BCUT2D eigenvalue weighted by Crippen LogP contribution is 2.48. The quantitative estimate of drug-likeness (QED) is 0.564. The first-order valence-corrected chi connectivity index (χ1v) is 9.42. The van der Waals surface area contributed by atoms with Crippen molar-refractivity contribution in [3.8, 4) is 11.1 Å². The van der Waals surface area contributed by atoms with E-state index in [4.69, 9.17) is 0 Å². The fourth-order valence-corrected chi connectivity index (χ4v) is 2.73. The number of nitrogens with one attached hydrogen (secondary N) is 1.